The van der Waals surface area contributed by atoms with E-state index >= 15 is 0 Å². The molecule has 0 bridgehead atoms. The average molecular weight is 417 g/mol. The fourth-order valence-electron chi connectivity index (χ4n) is 2.09. The maximum atomic E-state index is 12.3. The summed E-state index contributed by atoms with van der Waals surface area (Å²) in [4.78, 5) is 16.6. The summed E-state index contributed by atoms with van der Waals surface area (Å²) < 4.78 is 22.5. The normalized spacial score (nSPS) is 11.8. The van der Waals surface area contributed by atoms with Crippen molar-refractivity contribution in [2.75, 3.05) is 5.32 Å². The Morgan fingerprint density at radius 2 is 1.96 bits per heavy atom. The summed E-state index contributed by atoms with van der Waals surface area (Å²) in [7, 11) is -3.81. The molecule has 0 aliphatic heterocycles. The Labute approximate surface area is 163 Å². The number of hydrogen-bond acceptors (Lipinski definition) is 7. The smallest absolute Gasteiger partial charge is 0.266 e. The molecule has 1 aromatic carbocycles. The van der Waals surface area contributed by atoms with Gasteiger partial charge in [-0.2, -0.15) is 16.6 Å². The van der Waals surface area contributed by atoms with Gasteiger partial charge in [0, 0.05) is 22.0 Å². The Kier molecular flexibility index (Phi) is 5.48. The van der Waals surface area contributed by atoms with Crippen LogP contribution < -0.4 is 10.5 Å². The van der Waals surface area contributed by atoms with Crippen molar-refractivity contribution in [3.8, 4) is 16.6 Å². The first kappa shape index (κ1) is 18.9. The Hall–Kier alpha value is -2.84. The predicted octanol–water partition coefficient (Wildman–Crippen LogP) is 3.06. The van der Waals surface area contributed by atoms with Crippen molar-refractivity contribution in [1.29, 1.82) is 5.26 Å². The number of benzene rings is 1. The van der Waals surface area contributed by atoms with Gasteiger partial charge in [-0.1, -0.05) is 0 Å². The van der Waals surface area contributed by atoms with Gasteiger partial charge in [0.15, 0.2) is 0 Å². The highest BCUT2D eigenvalue weighted by Gasteiger charge is 2.13. The van der Waals surface area contributed by atoms with Crippen molar-refractivity contribution >= 4 is 50.4 Å². The van der Waals surface area contributed by atoms with Crippen molar-refractivity contribution in [2.24, 2.45) is 5.14 Å². The Balaban J connectivity index is 1.76. The van der Waals surface area contributed by atoms with Crippen molar-refractivity contribution in [2.45, 2.75) is 4.90 Å². The molecule has 1 amide bonds. The Morgan fingerprint density at radius 3 is 2.56 bits per heavy atom. The zero-order valence-electron chi connectivity index (χ0n) is 13.6. The second kappa shape index (κ2) is 7.81. The van der Waals surface area contributed by atoms with Gasteiger partial charge in [-0.25, -0.2) is 18.5 Å². The number of amides is 1. The molecule has 0 atom stereocenters. The lowest BCUT2D eigenvalue weighted by Gasteiger charge is -2.05. The van der Waals surface area contributed by atoms with Crippen LogP contribution in [0.2, 0.25) is 0 Å². The molecule has 3 aromatic rings. The number of primary sulfonamides is 1. The summed E-state index contributed by atoms with van der Waals surface area (Å²) >= 11 is 2.98. The van der Waals surface area contributed by atoms with E-state index in [0.29, 0.717) is 11.4 Å². The third-order valence-electron chi connectivity index (χ3n) is 3.39. The van der Waals surface area contributed by atoms with E-state index in [1.807, 2.05) is 22.9 Å². The van der Waals surface area contributed by atoms with Crippen molar-refractivity contribution < 1.29 is 13.2 Å². The quantitative estimate of drug-likeness (QED) is 0.488. The van der Waals surface area contributed by atoms with Gasteiger partial charge in [-0.15, -0.1) is 11.3 Å². The van der Waals surface area contributed by atoms with Gasteiger partial charge >= 0.3 is 0 Å². The van der Waals surface area contributed by atoms with Gasteiger partial charge in [0.25, 0.3) is 5.91 Å². The maximum absolute atomic E-state index is 12.3. The second-order valence-electron chi connectivity index (χ2n) is 5.28. The number of thiophene rings is 1. The number of hydrogen-bond donors (Lipinski definition) is 2. The van der Waals surface area contributed by atoms with Crippen LogP contribution >= 0.6 is 22.7 Å². The number of nitrogens with two attached hydrogens (primary N) is 1. The molecule has 27 heavy (non-hydrogen) atoms. The van der Waals surface area contributed by atoms with E-state index in [1.54, 1.807) is 16.7 Å². The summed E-state index contributed by atoms with van der Waals surface area (Å²) in [5.74, 6) is -0.620. The van der Waals surface area contributed by atoms with Crippen LogP contribution in [0.1, 0.15) is 5.69 Å². The van der Waals surface area contributed by atoms with Crippen LogP contribution in [-0.2, 0) is 14.8 Å². The predicted molar refractivity (Wildman–Crippen MR) is 105 cm³/mol. The lowest BCUT2D eigenvalue weighted by Crippen LogP contribution is -2.14. The van der Waals surface area contributed by atoms with Gasteiger partial charge < -0.3 is 5.32 Å². The molecule has 0 aliphatic carbocycles. The molecule has 0 saturated carbocycles. The van der Waals surface area contributed by atoms with Crippen LogP contribution in [0.3, 0.4) is 0 Å². The average Bonchev–Trinajstić information content (AvgIpc) is 3.30. The molecule has 10 heteroatoms. The third kappa shape index (κ3) is 4.66. The second-order valence-corrected chi connectivity index (χ2v) is 8.48. The number of carbonyl (C=O) groups is 1. The number of nitriles is 1. The zero-order chi connectivity index (χ0) is 19.4. The zero-order valence-corrected chi connectivity index (χ0v) is 16.1. The van der Waals surface area contributed by atoms with Crippen LogP contribution in [0.25, 0.3) is 16.6 Å². The summed E-state index contributed by atoms with van der Waals surface area (Å²) in [6.07, 6.45) is 1.40. The van der Waals surface area contributed by atoms with E-state index in [-0.39, 0.29) is 10.5 Å². The molecule has 7 nitrogen and oxygen atoms in total. The minimum Gasteiger partial charge on any atom is -0.321 e. The Bertz CT molecular complexity index is 1140. The topological polar surface area (TPSA) is 126 Å². The van der Waals surface area contributed by atoms with Gasteiger partial charge in [0.05, 0.1) is 10.6 Å². The molecule has 2 aromatic heterocycles. The summed E-state index contributed by atoms with van der Waals surface area (Å²) in [6.45, 7) is 0. The molecular formula is C17H12N4O3S3. The number of carbonyl (C=O) groups excluding carboxylic acids is 1. The lowest BCUT2D eigenvalue weighted by atomic mass is 10.2. The highest BCUT2D eigenvalue weighted by atomic mass is 32.2. The molecule has 3 rings (SSSR count). The molecule has 2 heterocycles. The minimum absolute atomic E-state index is 0.0695. The van der Waals surface area contributed by atoms with E-state index in [0.717, 1.165) is 10.6 Å². The van der Waals surface area contributed by atoms with E-state index < -0.39 is 15.9 Å². The molecule has 0 unspecified atom stereocenters. The summed E-state index contributed by atoms with van der Waals surface area (Å²) in [6, 6.07) is 9.12. The summed E-state index contributed by atoms with van der Waals surface area (Å²) in [5, 5.41) is 23.3. The van der Waals surface area contributed by atoms with Crippen LogP contribution in [0.5, 0.6) is 0 Å². The van der Waals surface area contributed by atoms with Crippen molar-refractivity contribution in [1.82, 2.24) is 4.98 Å². The number of rotatable bonds is 5. The van der Waals surface area contributed by atoms with E-state index in [2.05, 4.69) is 10.3 Å². The standard InChI is InChI=1S/C17H12N4O3S3/c18-8-12(7-14-10-26-17(21-14)11-5-6-25-9-11)16(22)20-13-1-3-15(4-2-13)27(19,23)24/h1-7,9-10H,(H,20,22)(H2,19,23,24)/b12-7-. The van der Waals surface area contributed by atoms with E-state index in [1.165, 1.54) is 41.7 Å². The number of nitrogens with zero attached hydrogens (tertiary/aromatic N) is 2. The molecule has 0 aliphatic rings. The van der Waals surface area contributed by atoms with Crippen LogP contribution in [-0.4, -0.2) is 19.3 Å². The molecule has 0 fully saturated rings. The first-order chi connectivity index (χ1) is 12.9. The fraction of sp³-hybridized carbons (Fsp3) is 0. The lowest BCUT2D eigenvalue weighted by molar-refractivity contribution is -0.112. The molecule has 136 valence electrons. The minimum atomic E-state index is -3.81. The largest absolute Gasteiger partial charge is 0.321 e. The Morgan fingerprint density at radius 1 is 1.22 bits per heavy atom. The number of nitrogens with one attached hydrogen (secondary N) is 1. The number of sulfonamides is 1. The van der Waals surface area contributed by atoms with Crippen molar-refractivity contribution in [3.63, 3.8) is 0 Å². The van der Waals surface area contributed by atoms with Gasteiger partial charge in [0.2, 0.25) is 10.0 Å². The first-order valence-electron chi connectivity index (χ1n) is 7.41. The van der Waals surface area contributed by atoms with Gasteiger partial charge in [-0.05, 0) is 41.8 Å². The molecule has 0 spiro atoms. The number of aromatic nitrogens is 1. The van der Waals surface area contributed by atoms with Gasteiger partial charge in [-0.3, -0.25) is 4.79 Å². The molecular weight excluding hydrogens is 404 g/mol. The summed E-state index contributed by atoms with van der Waals surface area (Å²) in [5.41, 5.74) is 1.72. The van der Waals surface area contributed by atoms with Crippen LogP contribution in [0.15, 0.2) is 56.9 Å². The molecule has 3 N–H and O–H groups in total. The SMILES string of the molecule is N#C/C(=C/c1csc(-c2ccsc2)n1)C(=O)Nc1ccc(S(N)(=O)=O)cc1. The van der Waals surface area contributed by atoms with E-state index in [9.17, 15) is 18.5 Å². The highest BCUT2D eigenvalue weighted by molar-refractivity contribution is 7.89. The number of anilines is 1. The monoisotopic (exact) mass is 416 g/mol. The highest BCUT2D eigenvalue weighted by Crippen LogP contribution is 2.26. The molecule has 0 saturated heterocycles. The van der Waals surface area contributed by atoms with Crippen LogP contribution in [0, 0.1) is 11.3 Å². The van der Waals surface area contributed by atoms with Crippen LogP contribution in [0.4, 0.5) is 5.69 Å². The fourth-order valence-corrected chi connectivity index (χ4v) is 4.10. The maximum Gasteiger partial charge on any atom is 0.266 e. The van der Waals surface area contributed by atoms with Crippen molar-refractivity contribution in [3.05, 3.63) is 57.7 Å². The first-order valence-corrected chi connectivity index (χ1v) is 10.8. The van der Waals surface area contributed by atoms with Gasteiger partial charge in [0.1, 0.15) is 16.6 Å². The van der Waals surface area contributed by atoms with E-state index in [4.69, 9.17) is 5.14 Å². The number of thiazole rings is 1. The molecule has 0 radical (unpaired) electrons. The third-order valence-corrected chi connectivity index (χ3v) is 5.91.